The zero-order valence-corrected chi connectivity index (χ0v) is 7.84. The lowest BCUT2D eigenvalue weighted by molar-refractivity contribution is -0.108. The van der Waals surface area contributed by atoms with E-state index in [9.17, 15) is 4.79 Å². The van der Waals surface area contributed by atoms with E-state index >= 15 is 0 Å². The van der Waals surface area contributed by atoms with E-state index in [0.29, 0.717) is 12.3 Å². The van der Waals surface area contributed by atoms with Crippen molar-refractivity contribution in [2.45, 2.75) is 27.2 Å². The Morgan fingerprint density at radius 2 is 1.91 bits per heavy atom. The van der Waals surface area contributed by atoms with Gasteiger partial charge in [0.1, 0.15) is 6.29 Å². The van der Waals surface area contributed by atoms with Gasteiger partial charge in [-0.25, -0.2) is 0 Å². The smallest absolute Gasteiger partial charge is 0.120 e. The molecule has 0 saturated carbocycles. The second kappa shape index (κ2) is 6.35. The lowest BCUT2D eigenvalue weighted by Crippen LogP contribution is -2.28. The van der Waals surface area contributed by atoms with Crippen molar-refractivity contribution in [3.8, 4) is 0 Å². The number of rotatable bonds is 6. The number of hydrogen-bond donors (Lipinski definition) is 0. The molecule has 0 spiro atoms. The van der Waals surface area contributed by atoms with Gasteiger partial charge < -0.3 is 9.69 Å². The van der Waals surface area contributed by atoms with Crippen LogP contribution in [0, 0.1) is 5.92 Å². The maximum Gasteiger partial charge on any atom is 0.120 e. The van der Waals surface area contributed by atoms with Gasteiger partial charge in [0.15, 0.2) is 0 Å². The quantitative estimate of drug-likeness (QED) is 0.545. The second-order valence-corrected chi connectivity index (χ2v) is 2.99. The predicted octanol–water partition coefficient (Wildman–Crippen LogP) is 1.55. The van der Waals surface area contributed by atoms with E-state index in [1.54, 1.807) is 0 Å². The molecular weight excluding hydrogens is 138 g/mol. The zero-order chi connectivity index (χ0) is 8.69. The number of carbonyl (C=O) groups excluding carboxylic acids is 1. The summed E-state index contributed by atoms with van der Waals surface area (Å²) in [5.41, 5.74) is 0. The highest BCUT2D eigenvalue weighted by atomic mass is 16.1. The highest BCUT2D eigenvalue weighted by molar-refractivity contribution is 5.49. The topological polar surface area (TPSA) is 20.3 Å². The predicted molar refractivity (Wildman–Crippen MR) is 47.6 cm³/mol. The molecule has 0 aromatic carbocycles. The summed E-state index contributed by atoms with van der Waals surface area (Å²) >= 11 is 0. The van der Waals surface area contributed by atoms with Gasteiger partial charge in [-0.2, -0.15) is 0 Å². The van der Waals surface area contributed by atoms with Gasteiger partial charge in [-0.1, -0.05) is 20.8 Å². The Balaban J connectivity index is 3.52. The van der Waals surface area contributed by atoms with Gasteiger partial charge >= 0.3 is 0 Å². The minimum absolute atomic E-state index is 0.507. The molecule has 0 aromatic rings. The minimum Gasteiger partial charge on any atom is -0.304 e. The van der Waals surface area contributed by atoms with Crippen LogP contribution >= 0.6 is 0 Å². The van der Waals surface area contributed by atoms with E-state index in [0.717, 1.165) is 25.9 Å². The van der Waals surface area contributed by atoms with E-state index in [1.165, 1.54) is 0 Å². The number of carbonyl (C=O) groups is 1. The molecule has 0 bridgehead atoms. The maximum atomic E-state index is 10.2. The first-order valence-electron chi connectivity index (χ1n) is 4.40. The zero-order valence-electron chi connectivity index (χ0n) is 7.84. The molecule has 0 heterocycles. The Bertz CT molecular complexity index is 99.7. The van der Waals surface area contributed by atoms with Crippen molar-refractivity contribution in [1.29, 1.82) is 0 Å². The molecule has 0 aliphatic heterocycles. The number of nitrogens with zero attached hydrogens (tertiary/aromatic N) is 1. The molecule has 0 N–H and O–H groups in total. The molecule has 0 aliphatic carbocycles. The summed E-state index contributed by atoms with van der Waals surface area (Å²) in [6.45, 7) is 9.63. The molecule has 1 unspecified atom stereocenters. The van der Waals surface area contributed by atoms with Gasteiger partial charge in [0.05, 0.1) is 0 Å². The fraction of sp³-hybridized carbons (Fsp3) is 0.889. The van der Waals surface area contributed by atoms with Gasteiger partial charge in [-0.15, -0.1) is 0 Å². The third-order valence-corrected chi connectivity index (χ3v) is 1.96. The fourth-order valence-electron chi connectivity index (χ4n) is 1.16. The Kier molecular flexibility index (Phi) is 6.13. The summed E-state index contributed by atoms with van der Waals surface area (Å²) in [4.78, 5) is 12.5. The number of aldehydes is 1. The van der Waals surface area contributed by atoms with Crippen molar-refractivity contribution in [1.82, 2.24) is 4.90 Å². The first-order chi connectivity index (χ1) is 5.24. The standard InChI is InChI=1S/C9H19NO/c1-4-10(5-2)8-9(3)6-7-11/h7,9H,4-6,8H2,1-3H3. The summed E-state index contributed by atoms with van der Waals surface area (Å²) in [5, 5.41) is 0. The normalized spacial score (nSPS) is 13.5. The molecule has 0 fully saturated rings. The second-order valence-electron chi connectivity index (χ2n) is 2.99. The van der Waals surface area contributed by atoms with Gasteiger partial charge in [0, 0.05) is 13.0 Å². The fourth-order valence-corrected chi connectivity index (χ4v) is 1.16. The van der Waals surface area contributed by atoms with Crippen LogP contribution in [0.4, 0.5) is 0 Å². The van der Waals surface area contributed by atoms with E-state index in [4.69, 9.17) is 0 Å². The van der Waals surface area contributed by atoms with Crippen molar-refractivity contribution >= 4 is 6.29 Å². The summed E-state index contributed by atoms with van der Waals surface area (Å²) in [6.07, 6.45) is 1.70. The molecule has 0 radical (unpaired) electrons. The molecule has 0 aromatic heterocycles. The van der Waals surface area contributed by atoms with Crippen LogP contribution in [-0.4, -0.2) is 30.8 Å². The molecule has 0 saturated heterocycles. The van der Waals surface area contributed by atoms with E-state index in [-0.39, 0.29) is 0 Å². The van der Waals surface area contributed by atoms with Gasteiger partial charge in [-0.05, 0) is 19.0 Å². The van der Waals surface area contributed by atoms with Crippen LogP contribution in [0.1, 0.15) is 27.2 Å². The van der Waals surface area contributed by atoms with Crippen LogP contribution in [0.3, 0.4) is 0 Å². The number of hydrogen-bond acceptors (Lipinski definition) is 2. The van der Waals surface area contributed by atoms with E-state index in [1.807, 2.05) is 0 Å². The Labute approximate surface area is 69.6 Å². The molecule has 1 atom stereocenters. The van der Waals surface area contributed by atoms with Crippen LogP contribution in [0.2, 0.25) is 0 Å². The van der Waals surface area contributed by atoms with Crippen molar-refractivity contribution < 1.29 is 4.79 Å². The molecule has 11 heavy (non-hydrogen) atoms. The monoisotopic (exact) mass is 157 g/mol. The first kappa shape index (κ1) is 10.6. The van der Waals surface area contributed by atoms with Crippen LogP contribution in [-0.2, 0) is 4.79 Å². The highest BCUT2D eigenvalue weighted by Gasteiger charge is 2.05. The lowest BCUT2D eigenvalue weighted by Gasteiger charge is -2.21. The molecule has 0 rings (SSSR count). The van der Waals surface area contributed by atoms with Gasteiger partial charge in [0.25, 0.3) is 0 Å². The third kappa shape index (κ3) is 4.96. The van der Waals surface area contributed by atoms with Crippen LogP contribution in [0.25, 0.3) is 0 Å². The summed E-state index contributed by atoms with van der Waals surface area (Å²) in [5.74, 6) is 0.507. The van der Waals surface area contributed by atoms with E-state index < -0.39 is 0 Å². The Morgan fingerprint density at radius 1 is 1.36 bits per heavy atom. The van der Waals surface area contributed by atoms with Gasteiger partial charge in [-0.3, -0.25) is 0 Å². The SMILES string of the molecule is CCN(CC)CC(C)CC=O. The maximum absolute atomic E-state index is 10.2. The highest BCUT2D eigenvalue weighted by Crippen LogP contribution is 2.02. The average molecular weight is 157 g/mol. The van der Waals surface area contributed by atoms with Crippen molar-refractivity contribution in [3.05, 3.63) is 0 Å². The summed E-state index contributed by atoms with van der Waals surface area (Å²) < 4.78 is 0. The molecule has 2 heteroatoms. The Morgan fingerprint density at radius 3 is 2.27 bits per heavy atom. The molecule has 0 amide bonds. The summed E-state index contributed by atoms with van der Waals surface area (Å²) in [6, 6.07) is 0. The summed E-state index contributed by atoms with van der Waals surface area (Å²) in [7, 11) is 0. The van der Waals surface area contributed by atoms with Crippen molar-refractivity contribution in [2.24, 2.45) is 5.92 Å². The average Bonchev–Trinajstić information content (AvgIpc) is 2.01. The van der Waals surface area contributed by atoms with Crippen molar-refractivity contribution in [2.75, 3.05) is 19.6 Å². The first-order valence-corrected chi connectivity index (χ1v) is 4.40. The molecule has 0 aliphatic rings. The lowest BCUT2D eigenvalue weighted by atomic mass is 10.1. The minimum atomic E-state index is 0.507. The van der Waals surface area contributed by atoms with Gasteiger partial charge in [0.2, 0.25) is 0 Å². The van der Waals surface area contributed by atoms with E-state index in [2.05, 4.69) is 25.7 Å². The van der Waals surface area contributed by atoms with Crippen LogP contribution < -0.4 is 0 Å². The molecule has 2 nitrogen and oxygen atoms in total. The molecule has 66 valence electrons. The van der Waals surface area contributed by atoms with Crippen LogP contribution in [0.15, 0.2) is 0 Å². The van der Waals surface area contributed by atoms with Crippen molar-refractivity contribution in [3.63, 3.8) is 0 Å². The van der Waals surface area contributed by atoms with Crippen LogP contribution in [0.5, 0.6) is 0 Å². The Hall–Kier alpha value is -0.370. The molecular formula is C9H19NO. The third-order valence-electron chi connectivity index (χ3n) is 1.96. The largest absolute Gasteiger partial charge is 0.304 e.